The molecule has 6 heteroatoms. The van der Waals surface area contributed by atoms with Crippen molar-refractivity contribution in [3.05, 3.63) is 0 Å². The molecule has 1 saturated heterocycles. The Bertz CT molecular complexity index is 197. The van der Waals surface area contributed by atoms with Crippen molar-refractivity contribution < 1.29 is 14.7 Å². The van der Waals surface area contributed by atoms with Gasteiger partial charge >= 0.3 is 0 Å². The van der Waals surface area contributed by atoms with E-state index in [0.717, 1.165) is 11.5 Å². The lowest BCUT2D eigenvalue weighted by atomic mass is 10.1. The summed E-state index contributed by atoms with van der Waals surface area (Å²) in [4.78, 5) is 15.8. The molecular weight excluding hydrogens is 222 g/mol. The summed E-state index contributed by atoms with van der Waals surface area (Å²) in [5.41, 5.74) is 2.23. The fourth-order valence-corrected chi connectivity index (χ4v) is 4.22. The zero-order chi connectivity index (χ0) is 10.6. The molecule has 1 heterocycles. The van der Waals surface area contributed by atoms with E-state index in [1.807, 2.05) is 0 Å². The molecule has 14 heavy (non-hydrogen) atoms. The quantitative estimate of drug-likeness (QED) is 0.696. The van der Waals surface area contributed by atoms with Crippen molar-refractivity contribution in [2.45, 2.75) is 17.6 Å². The number of aliphatic hydroxyl groups excluding tert-OH is 1. The summed E-state index contributed by atoms with van der Waals surface area (Å²) in [5, 5.41) is 9.86. The number of carbonyl (C=O) groups is 1. The van der Waals surface area contributed by atoms with Gasteiger partial charge in [-0.15, -0.1) is 23.5 Å². The van der Waals surface area contributed by atoms with Crippen molar-refractivity contribution in [2.24, 2.45) is 5.92 Å². The molecule has 0 aromatic rings. The topological polar surface area (TPSA) is 58.6 Å². The van der Waals surface area contributed by atoms with Crippen molar-refractivity contribution >= 4 is 29.4 Å². The Morgan fingerprint density at radius 1 is 1.57 bits per heavy atom. The Balaban J connectivity index is 2.41. The second kappa shape index (κ2) is 5.85. The van der Waals surface area contributed by atoms with Crippen molar-refractivity contribution in [2.75, 3.05) is 18.6 Å². The second-order valence-electron chi connectivity index (χ2n) is 3.06. The molecule has 4 nitrogen and oxygen atoms in total. The lowest BCUT2D eigenvalue weighted by Crippen LogP contribution is -2.38. The highest BCUT2D eigenvalue weighted by atomic mass is 32.2. The first kappa shape index (κ1) is 12.2. The van der Waals surface area contributed by atoms with Crippen molar-refractivity contribution in [1.82, 2.24) is 5.48 Å². The van der Waals surface area contributed by atoms with Gasteiger partial charge in [-0.3, -0.25) is 9.63 Å². The SMILES string of the molecule is CONC(=O)[C@@H](C)[C@@H](O)C1SCCS1. The molecule has 0 radical (unpaired) electrons. The number of nitrogens with one attached hydrogen (secondary N) is 1. The number of hydrogen-bond acceptors (Lipinski definition) is 5. The molecule has 0 bridgehead atoms. The van der Waals surface area contributed by atoms with Gasteiger partial charge in [-0.2, -0.15) is 0 Å². The van der Waals surface area contributed by atoms with Crippen LogP contribution in [0.3, 0.4) is 0 Å². The Morgan fingerprint density at radius 3 is 2.64 bits per heavy atom. The first-order valence-corrected chi connectivity index (χ1v) is 6.50. The van der Waals surface area contributed by atoms with Crippen LogP contribution in [0.25, 0.3) is 0 Å². The van der Waals surface area contributed by atoms with Crippen LogP contribution in [-0.2, 0) is 9.63 Å². The summed E-state index contributed by atoms with van der Waals surface area (Å²) < 4.78 is 0.118. The number of carbonyl (C=O) groups excluding carboxylic acids is 1. The predicted octanol–water partition coefficient (Wildman–Crippen LogP) is 0.467. The van der Waals surface area contributed by atoms with E-state index in [1.54, 1.807) is 30.4 Å². The molecule has 0 aromatic carbocycles. The molecule has 0 aromatic heterocycles. The number of hydrogen-bond donors (Lipinski definition) is 2. The number of rotatable bonds is 4. The van der Waals surface area contributed by atoms with Crippen LogP contribution in [0.4, 0.5) is 0 Å². The maximum atomic E-state index is 11.3. The molecule has 1 amide bonds. The van der Waals surface area contributed by atoms with Crippen LogP contribution < -0.4 is 5.48 Å². The summed E-state index contributed by atoms with van der Waals surface area (Å²) in [7, 11) is 1.38. The predicted molar refractivity (Wildman–Crippen MR) is 59.0 cm³/mol. The second-order valence-corrected chi connectivity index (χ2v) is 5.86. The molecule has 2 N–H and O–H groups in total. The minimum Gasteiger partial charge on any atom is -0.390 e. The third kappa shape index (κ3) is 3.05. The minimum absolute atomic E-state index is 0.118. The fraction of sp³-hybridized carbons (Fsp3) is 0.875. The van der Waals surface area contributed by atoms with Gasteiger partial charge in [0.2, 0.25) is 5.91 Å². The highest BCUT2D eigenvalue weighted by Gasteiger charge is 2.32. The highest BCUT2D eigenvalue weighted by Crippen LogP contribution is 2.36. The summed E-state index contributed by atoms with van der Waals surface area (Å²) in [6, 6.07) is 0. The first-order valence-electron chi connectivity index (χ1n) is 4.41. The normalized spacial score (nSPS) is 21.9. The molecule has 2 atom stereocenters. The maximum Gasteiger partial charge on any atom is 0.249 e. The van der Waals surface area contributed by atoms with E-state index in [9.17, 15) is 9.90 Å². The van der Waals surface area contributed by atoms with E-state index in [0.29, 0.717) is 0 Å². The van der Waals surface area contributed by atoms with Crippen molar-refractivity contribution in [3.63, 3.8) is 0 Å². The minimum atomic E-state index is -0.609. The lowest BCUT2D eigenvalue weighted by Gasteiger charge is -2.21. The maximum absolute atomic E-state index is 11.3. The average molecular weight is 237 g/mol. The summed E-state index contributed by atoms with van der Waals surface area (Å²) in [6.07, 6.45) is -0.609. The Labute approximate surface area is 92.1 Å². The van der Waals surface area contributed by atoms with Crippen LogP contribution >= 0.6 is 23.5 Å². The largest absolute Gasteiger partial charge is 0.390 e. The summed E-state index contributed by atoms with van der Waals surface area (Å²) in [5.74, 6) is 1.39. The van der Waals surface area contributed by atoms with Crippen LogP contribution in [0.2, 0.25) is 0 Å². The van der Waals surface area contributed by atoms with E-state index in [1.165, 1.54) is 7.11 Å². The van der Waals surface area contributed by atoms with E-state index in [2.05, 4.69) is 10.3 Å². The molecule has 0 spiro atoms. The smallest absolute Gasteiger partial charge is 0.249 e. The first-order chi connectivity index (χ1) is 6.66. The summed E-state index contributed by atoms with van der Waals surface area (Å²) >= 11 is 3.41. The molecule has 1 fully saturated rings. The highest BCUT2D eigenvalue weighted by molar-refractivity contribution is 8.20. The van der Waals surface area contributed by atoms with Gasteiger partial charge in [0.25, 0.3) is 0 Å². The Morgan fingerprint density at radius 2 is 2.14 bits per heavy atom. The molecule has 1 rings (SSSR count). The van der Waals surface area contributed by atoms with E-state index in [4.69, 9.17) is 0 Å². The fourth-order valence-electron chi connectivity index (χ4n) is 1.16. The van der Waals surface area contributed by atoms with Gasteiger partial charge < -0.3 is 5.11 Å². The standard InChI is InChI=1S/C8H15NO3S2/c1-5(7(11)9-12-2)6(10)8-13-3-4-14-8/h5-6,8,10H,3-4H2,1-2H3,(H,9,11)/t5-,6+/m0/s1. The van der Waals surface area contributed by atoms with Crippen LogP contribution in [0, 0.1) is 5.92 Å². The van der Waals surface area contributed by atoms with Crippen LogP contribution in [-0.4, -0.2) is 40.3 Å². The van der Waals surface area contributed by atoms with Gasteiger partial charge in [-0.25, -0.2) is 5.48 Å². The van der Waals surface area contributed by atoms with Crippen molar-refractivity contribution in [3.8, 4) is 0 Å². The number of amides is 1. The van der Waals surface area contributed by atoms with Crippen LogP contribution in [0.5, 0.6) is 0 Å². The molecular formula is C8H15NO3S2. The van der Waals surface area contributed by atoms with Gasteiger partial charge in [0.1, 0.15) is 0 Å². The van der Waals surface area contributed by atoms with Gasteiger partial charge in [0.05, 0.1) is 23.7 Å². The molecule has 0 saturated carbocycles. The van der Waals surface area contributed by atoms with Crippen LogP contribution in [0.15, 0.2) is 0 Å². The Hall–Kier alpha value is 0.0900. The van der Waals surface area contributed by atoms with Gasteiger partial charge in [-0.05, 0) is 0 Å². The summed E-state index contributed by atoms with van der Waals surface area (Å²) in [6.45, 7) is 1.71. The lowest BCUT2D eigenvalue weighted by molar-refractivity contribution is -0.138. The number of hydroxylamine groups is 1. The van der Waals surface area contributed by atoms with Gasteiger partial charge in [-0.1, -0.05) is 6.92 Å². The van der Waals surface area contributed by atoms with Crippen molar-refractivity contribution in [1.29, 1.82) is 0 Å². The third-order valence-electron chi connectivity index (χ3n) is 2.05. The molecule has 0 aliphatic carbocycles. The van der Waals surface area contributed by atoms with Crippen LogP contribution in [0.1, 0.15) is 6.92 Å². The molecule has 1 aliphatic heterocycles. The van der Waals surface area contributed by atoms with Gasteiger partial charge in [0.15, 0.2) is 0 Å². The molecule has 82 valence electrons. The van der Waals surface area contributed by atoms with E-state index in [-0.39, 0.29) is 10.5 Å². The third-order valence-corrected chi connectivity index (χ3v) is 5.22. The molecule has 0 unspecified atom stereocenters. The van der Waals surface area contributed by atoms with E-state index < -0.39 is 12.0 Å². The Kier molecular flexibility index (Phi) is 5.08. The monoisotopic (exact) mass is 237 g/mol. The zero-order valence-electron chi connectivity index (χ0n) is 8.23. The van der Waals surface area contributed by atoms with Gasteiger partial charge in [0, 0.05) is 11.5 Å². The molecule has 1 aliphatic rings. The zero-order valence-corrected chi connectivity index (χ0v) is 9.86. The number of thioether (sulfide) groups is 2. The average Bonchev–Trinajstić information content (AvgIpc) is 2.68. The van der Waals surface area contributed by atoms with E-state index >= 15 is 0 Å². The number of aliphatic hydroxyl groups is 1.